The minimum Gasteiger partial charge on any atom is -0.342 e. The number of H-pyrrole nitrogens is 1. The summed E-state index contributed by atoms with van der Waals surface area (Å²) in [5, 5.41) is 0. The lowest BCUT2D eigenvalue weighted by Gasteiger charge is -2.16. The van der Waals surface area contributed by atoms with Crippen molar-refractivity contribution in [2.75, 3.05) is 0 Å². The van der Waals surface area contributed by atoms with Crippen LogP contribution in [-0.4, -0.2) is 15.8 Å². The van der Waals surface area contributed by atoms with Gasteiger partial charge < -0.3 is 4.98 Å². The van der Waals surface area contributed by atoms with Crippen molar-refractivity contribution in [3.05, 3.63) is 29.6 Å². The smallest absolute Gasteiger partial charge is 0.163 e. The molecule has 1 N–H and O–H groups in total. The molecule has 1 heterocycles. The molecule has 0 fully saturated rings. The number of aryl methyl sites for hydroxylation is 1. The molecule has 0 amide bonds. The van der Waals surface area contributed by atoms with Gasteiger partial charge in [-0.1, -0.05) is 27.7 Å². The molecule has 0 bridgehead atoms. The van der Waals surface area contributed by atoms with Gasteiger partial charge in [-0.3, -0.25) is 4.79 Å². The second kappa shape index (κ2) is 4.56. The summed E-state index contributed by atoms with van der Waals surface area (Å²) < 4.78 is 0. The van der Waals surface area contributed by atoms with Crippen LogP contribution in [-0.2, 0) is 6.42 Å². The number of carbonyl (C=O) groups excluding carboxylic acids is 1. The Balaban J connectivity index is 2.32. The topological polar surface area (TPSA) is 45.8 Å². The third kappa shape index (κ3) is 2.78. The number of ketones is 1. The zero-order valence-corrected chi connectivity index (χ0v) is 11.5. The van der Waals surface area contributed by atoms with Crippen molar-refractivity contribution in [1.29, 1.82) is 0 Å². The normalized spacial score (nSPS) is 12.0. The second-order valence-electron chi connectivity index (χ2n) is 5.93. The number of aromatic nitrogens is 2. The molecule has 0 spiro atoms. The summed E-state index contributed by atoms with van der Waals surface area (Å²) >= 11 is 0. The Morgan fingerprint density at radius 1 is 1.33 bits per heavy atom. The van der Waals surface area contributed by atoms with Gasteiger partial charge in [0.15, 0.2) is 5.78 Å². The van der Waals surface area contributed by atoms with Gasteiger partial charge in [0.05, 0.1) is 11.0 Å². The van der Waals surface area contributed by atoms with Gasteiger partial charge in [-0.25, -0.2) is 4.98 Å². The highest BCUT2D eigenvalue weighted by atomic mass is 16.1. The van der Waals surface area contributed by atoms with Gasteiger partial charge >= 0.3 is 0 Å². The summed E-state index contributed by atoms with van der Waals surface area (Å²) in [7, 11) is 0. The Morgan fingerprint density at radius 3 is 2.67 bits per heavy atom. The van der Waals surface area contributed by atoms with E-state index in [1.165, 1.54) is 0 Å². The van der Waals surface area contributed by atoms with E-state index in [1.807, 2.05) is 18.2 Å². The highest BCUT2D eigenvalue weighted by Gasteiger charge is 2.17. The third-order valence-electron chi connectivity index (χ3n) is 2.88. The highest BCUT2D eigenvalue weighted by molar-refractivity contribution is 5.99. The molecule has 0 saturated carbocycles. The minimum absolute atomic E-state index is 0.0224. The molecule has 0 aliphatic carbocycles. The van der Waals surface area contributed by atoms with E-state index in [1.54, 1.807) is 0 Å². The minimum atomic E-state index is 0.0224. The van der Waals surface area contributed by atoms with E-state index < -0.39 is 0 Å². The lowest BCUT2D eigenvalue weighted by Crippen LogP contribution is -2.12. The number of nitrogens with one attached hydrogen (secondary N) is 1. The molecule has 96 valence electrons. The number of imidazole rings is 1. The SMILES string of the molecule is CCc1nc2ccc(C(=O)CC(C)(C)C)cc2[nH]1. The number of hydrogen-bond acceptors (Lipinski definition) is 2. The predicted molar refractivity (Wildman–Crippen MR) is 73.9 cm³/mol. The number of rotatable bonds is 3. The molecule has 3 heteroatoms. The fourth-order valence-corrected chi connectivity index (χ4v) is 1.99. The standard InChI is InChI=1S/C15H20N2O/c1-5-14-16-11-7-6-10(8-12(11)17-14)13(18)9-15(2,3)4/h6-8H,5,9H2,1-4H3,(H,16,17). The Bertz CT molecular complexity index is 576. The lowest BCUT2D eigenvalue weighted by atomic mass is 9.88. The van der Waals surface area contributed by atoms with Crippen molar-refractivity contribution >= 4 is 16.8 Å². The highest BCUT2D eigenvalue weighted by Crippen LogP contribution is 2.23. The molecule has 0 atom stereocenters. The largest absolute Gasteiger partial charge is 0.342 e. The Labute approximate surface area is 108 Å². The molecule has 0 unspecified atom stereocenters. The first-order valence-corrected chi connectivity index (χ1v) is 6.41. The summed E-state index contributed by atoms with van der Waals surface area (Å²) in [6.07, 6.45) is 1.44. The molecular weight excluding hydrogens is 224 g/mol. The van der Waals surface area contributed by atoms with Crippen LogP contribution >= 0.6 is 0 Å². The zero-order chi connectivity index (χ0) is 13.3. The van der Waals surface area contributed by atoms with Crippen molar-refractivity contribution < 1.29 is 4.79 Å². The van der Waals surface area contributed by atoms with Gasteiger partial charge in [0.1, 0.15) is 5.82 Å². The van der Waals surface area contributed by atoms with Crippen LogP contribution in [0.3, 0.4) is 0 Å². The van der Waals surface area contributed by atoms with Crippen LogP contribution < -0.4 is 0 Å². The molecule has 2 rings (SSSR count). The molecule has 1 aromatic heterocycles. The van der Waals surface area contributed by atoms with E-state index in [9.17, 15) is 4.79 Å². The molecule has 1 aromatic carbocycles. The Kier molecular flexibility index (Phi) is 3.24. The fraction of sp³-hybridized carbons (Fsp3) is 0.467. The van der Waals surface area contributed by atoms with Crippen LogP contribution in [0.5, 0.6) is 0 Å². The van der Waals surface area contributed by atoms with E-state index in [-0.39, 0.29) is 11.2 Å². The van der Waals surface area contributed by atoms with Gasteiger partial charge in [0.25, 0.3) is 0 Å². The third-order valence-corrected chi connectivity index (χ3v) is 2.88. The first-order valence-electron chi connectivity index (χ1n) is 6.41. The van der Waals surface area contributed by atoms with Crippen LogP contribution in [0, 0.1) is 5.41 Å². The fourth-order valence-electron chi connectivity index (χ4n) is 1.99. The first kappa shape index (κ1) is 12.8. The van der Waals surface area contributed by atoms with E-state index in [2.05, 4.69) is 37.7 Å². The maximum atomic E-state index is 12.1. The maximum absolute atomic E-state index is 12.1. The molecule has 2 aromatic rings. The van der Waals surface area contributed by atoms with Crippen molar-refractivity contribution in [3.8, 4) is 0 Å². The first-order chi connectivity index (χ1) is 8.39. The van der Waals surface area contributed by atoms with E-state index in [4.69, 9.17) is 0 Å². The predicted octanol–water partition coefficient (Wildman–Crippen LogP) is 3.74. The van der Waals surface area contributed by atoms with E-state index >= 15 is 0 Å². The number of nitrogens with zero attached hydrogens (tertiary/aromatic N) is 1. The zero-order valence-electron chi connectivity index (χ0n) is 11.5. The maximum Gasteiger partial charge on any atom is 0.163 e. The molecule has 0 saturated heterocycles. The summed E-state index contributed by atoms with van der Waals surface area (Å²) in [6.45, 7) is 8.29. The van der Waals surface area contributed by atoms with Gasteiger partial charge in [-0.2, -0.15) is 0 Å². The van der Waals surface area contributed by atoms with Gasteiger partial charge in [0, 0.05) is 18.4 Å². The number of fused-ring (bicyclic) bond motifs is 1. The molecule has 0 radical (unpaired) electrons. The van der Waals surface area contributed by atoms with E-state index in [0.29, 0.717) is 6.42 Å². The van der Waals surface area contributed by atoms with Crippen molar-refractivity contribution in [2.45, 2.75) is 40.5 Å². The molecular formula is C15H20N2O. The van der Waals surface area contributed by atoms with Crippen molar-refractivity contribution in [3.63, 3.8) is 0 Å². The van der Waals surface area contributed by atoms with Crippen LogP contribution in [0.25, 0.3) is 11.0 Å². The van der Waals surface area contributed by atoms with Gasteiger partial charge in [0.2, 0.25) is 0 Å². The summed E-state index contributed by atoms with van der Waals surface area (Å²) in [6, 6.07) is 5.70. The average Bonchev–Trinajstić information content (AvgIpc) is 2.68. The molecule has 3 nitrogen and oxygen atoms in total. The quantitative estimate of drug-likeness (QED) is 0.836. The second-order valence-corrected chi connectivity index (χ2v) is 5.93. The number of Topliss-reactive ketones (excluding diaryl/α,β-unsaturated/α-hetero) is 1. The average molecular weight is 244 g/mol. The Hall–Kier alpha value is -1.64. The summed E-state index contributed by atoms with van der Waals surface area (Å²) in [4.78, 5) is 19.8. The molecule has 0 aliphatic rings. The van der Waals surface area contributed by atoms with Crippen molar-refractivity contribution in [2.24, 2.45) is 5.41 Å². The number of benzene rings is 1. The summed E-state index contributed by atoms with van der Waals surface area (Å²) in [5.41, 5.74) is 2.67. The number of carbonyl (C=O) groups is 1. The monoisotopic (exact) mass is 244 g/mol. The molecule has 18 heavy (non-hydrogen) atoms. The van der Waals surface area contributed by atoms with E-state index in [0.717, 1.165) is 28.8 Å². The molecule has 0 aliphatic heterocycles. The van der Waals surface area contributed by atoms with Crippen LogP contribution in [0.2, 0.25) is 0 Å². The van der Waals surface area contributed by atoms with Gasteiger partial charge in [-0.15, -0.1) is 0 Å². The summed E-state index contributed by atoms with van der Waals surface area (Å²) in [5.74, 6) is 1.16. The number of aromatic amines is 1. The van der Waals surface area contributed by atoms with Crippen LogP contribution in [0.1, 0.15) is 50.3 Å². The van der Waals surface area contributed by atoms with Crippen LogP contribution in [0.15, 0.2) is 18.2 Å². The van der Waals surface area contributed by atoms with Gasteiger partial charge in [-0.05, 0) is 23.6 Å². The van der Waals surface area contributed by atoms with Crippen LogP contribution in [0.4, 0.5) is 0 Å². The van der Waals surface area contributed by atoms with Crippen molar-refractivity contribution in [1.82, 2.24) is 9.97 Å². The lowest BCUT2D eigenvalue weighted by molar-refractivity contribution is 0.0940. The Morgan fingerprint density at radius 2 is 2.06 bits per heavy atom. The number of hydrogen-bond donors (Lipinski definition) is 1.